The number of benzene rings is 2. The number of hydrogen-bond acceptors (Lipinski definition) is 3. The van der Waals surface area contributed by atoms with Crippen LogP contribution in [0, 0.1) is 0 Å². The number of anilines is 2. The van der Waals surface area contributed by atoms with Gasteiger partial charge in [0.05, 0.1) is 11.8 Å². The number of nitrogen functional groups attached to an aromatic ring is 1. The highest BCUT2D eigenvalue weighted by Gasteiger charge is 2.29. The number of nitrogens with one attached hydrogen (secondary N) is 1. The van der Waals surface area contributed by atoms with Crippen LogP contribution in [0.1, 0.15) is 25.0 Å². The average molecular weight is 312 g/mol. The van der Waals surface area contributed by atoms with E-state index in [1.165, 1.54) is 0 Å². The van der Waals surface area contributed by atoms with Gasteiger partial charge >= 0.3 is 5.97 Å². The van der Waals surface area contributed by atoms with Crippen LogP contribution >= 0.6 is 0 Å². The lowest BCUT2D eigenvalue weighted by molar-refractivity contribution is -0.136. The summed E-state index contributed by atoms with van der Waals surface area (Å²) in [5.41, 5.74) is 7.80. The van der Waals surface area contributed by atoms with Crippen molar-refractivity contribution in [3.8, 4) is 0 Å². The molecule has 0 unspecified atom stereocenters. The van der Waals surface area contributed by atoms with Gasteiger partial charge < -0.3 is 16.2 Å². The maximum Gasteiger partial charge on any atom is 0.307 e. The van der Waals surface area contributed by atoms with E-state index in [0.717, 1.165) is 5.56 Å². The van der Waals surface area contributed by atoms with Crippen LogP contribution in [0.3, 0.4) is 0 Å². The number of carboxylic acids is 1. The molecule has 5 heteroatoms. The number of carbonyl (C=O) groups is 2. The number of nitrogens with two attached hydrogens (primary N) is 1. The largest absolute Gasteiger partial charge is 0.481 e. The zero-order valence-corrected chi connectivity index (χ0v) is 13.2. The molecule has 0 saturated carbocycles. The van der Waals surface area contributed by atoms with Crippen LogP contribution < -0.4 is 11.1 Å². The zero-order chi connectivity index (χ0) is 17.0. The fourth-order valence-electron chi connectivity index (χ4n) is 2.20. The molecule has 0 aliphatic carbocycles. The highest BCUT2D eigenvalue weighted by atomic mass is 16.4. The van der Waals surface area contributed by atoms with Crippen molar-refractivity contribution < 1.29 is 14.7 Å². The van der Waals surface area contributed by atoms with Crippen LogP contribution in [-0.2, 0) is 21.4 Å². The van der Waals surface area contributed by atoms with Gasteiger partial charge in [0.2, 0.25) is 5.91 Å². The average Bonchev–Trinajstić information content (AvgIpc) is 2.49. The summed E-state index contributed by atoms with van der Waals surface area (Å²) in [6.45, 7) is 3.68. The summed E-state index contributed by atoms with van der Waals surface area (Å²) in [5, 5.41) is 11.6. The van der Waals surface area contributed by atoms with Gasteiger partial charge in [-0.25, -0.2) is 0 Å². The van der Waals surface area contributed by atoms with Crippen LogP contribution in [0.15, 0.2) is 48.5 Å². The minimum absolute atomic E-state index is 0.0366. The van der Waals surface area contributed by atoms with E-state index >= 15 is 0 Å². The van der Waals surface area contributed by atoms with Crippen molar-refractivity contribution in [2.24, 2.45) is 0 Å². The number of hydrogen-bond donors (Lipinski definition) is 3. The molecule has 4 N–H and O–H groups in total. The standard InChI is InChI=1S/C18H20N2O3/c1-18(2,13-5-7-14(19)8-6-13)17(23)20-15-9-3-12(4-10-15)11-16(21)22/h3-10H,11,19H2,1-2H3,(H,20,23)(H,21,22). The van der Waals surface area contributed by atoms with Crippen LogP contribution in [0.4, 0.5) is 11.4 Å². The van der Waals surface area contributed by atoms with Gasteiger partial charge in [0.15, 0.2) is 0 Å². The molecule has 2 rings (SSSR count). The predicted molar refractivity (Wildman–Crippen MR) is 90.3 cm³/mol. The Morgan fingerprint density at radius 2 is 1.61 bits per heavy atom. The highest BCUT2D eigenvalue weighted by molar-refractivity contribution is 5.98. The minimum Gasteiger partial charge on any atom is -0.481 e. The molecule has 0 bridgehead atoms. The van der Waals surface area contributed by atoms with Gasteiger partial charge in [-0.1, -0.05) is 24.3 Å². The summed E-state index contributed by atoms with van der Waals surface area (Å²) in [6.07, 6.45) is -0.0366. The summed E-state index contributed by atoms with van der Waals surface area (Å²) >= 11 is 0. The van der Waals surface area contributed by atoms with Crippen molar-refractivity contribution in [3.63, 3.8) is 0 Å². The van der Waals surface area contributed by atoms with Gasteiger partial charge in [-0.2, -0.15) is 0 Å². The first-order valence-electron chi connectivity index (χ1n) is 7.27. The third kappa shape index (κ3) is 4.10. The molecular formula is C18H20N2O3. The molecule has 23 heavy (non-hydrogen) atoms. The van der Waals surface area contributed by atoms with Crippen molar-refractivity contribution in [1.82, 2.24) is 0 Å². The first-order chi connectivity index (χ1) is 10.8. The van der Waals surface area contributed by atoms with Crippen LogP contribution in [0.25, 0.3) is 0 Å². The van der Waals surface area contributed by atoms with E-state index in [-0.39, 0.29) is 12.3 Å². The fourth-order valence-corrected chi connectivity index (χ4v) is 2.20. The molecule has 120 valence electrons. The Morgan fingerprint density at radius 3 is 2.13 bits per heavy atom. The summed E-state index contributed by atoms with van der Waals surface area (Å²) in [5.74, 6) is -1.03. The van der Waals surface area contributed by atoms with Gasteiger partial charge in [-0.3, -0.25) is 9.59 Å². The molecule has 0 spiro atoms. The first kappa shape index (κ1) is 16.5. The molecular weight excluding hydrogens is 292 g/mol. The number of amides is 1. The lowest BCUT2D eigenvalue weighted by Crippen LogP contribution is -2.34. The second-order valence-corrected chi connectivity index (χ2v) is 5.97. The number of carbonyl (C=O) groups excluding carboxylic acids is 1. The van der Waals surface area contributed by atoms with Gasteiger partial charge in [-0.05, 0) is 49.2 Å². The van der Waals surface area contributed by atoms with Crippen molar-refractivity contribution >= 4 is 23.3 Å². The Morgan fingerprint density at radius 1 is 1.04 bits per heavy atom. The van der Waals surface area contributed by atoms with E-state index in [9.17, 15) is 9.59 Å². The van der Waals surface area contributed by atoms with Gasteiger partial charge in [-0.15, -0.1) is 0 Å². The second kappa shape index (κ2) is 6.52. The molecule has 0 saturated heterocycles. The van der Waals surface area contributed by atoms with Gasteiger partial charge in [0, 0.05) is 11.4 Å². The second-order valence-electron chi connectivity index (χ2n) is 5.97. The van der Waals surface area contributed by atoms with Gasteiger partial charge in [0.25, 0.3) is 0 Å². The molecule has 0 heterocycles. The molecule has 0 radical (unpaired) electrons. The Labute approximate surface area is 135 Å². The van der Waals surface area contributed by atoms with Crippen LogP contribution in [0.5, 0.6) is 0 Å². The maximum atomic E-state index is 12.5. The van der Waals surface area contributed by atoms with Crippen LogP contribution in [-0.4, -0.2) is 17.0 Å². The van der Waals surface area contributed by atoms with E-state index in [0.29, 0.717) is 16.9 Å². The van der Waals surface area contributed by atoms with Crippen molar-refractivity contribution in [2.75, 3.05) is 11.1 Å². The lowest BCUT2D eigenvalue weighted by Gasteiger charge is -2.24. The Balaban J connectivity index is 2.11. The SMILES string of the molecule is CC(C)(C(=O)Nc1ccc(CC(=O)O)cc1)c1ccc(N)cc1. The molecule has 0 aromatic heterocycles. The van der Waals surface area contributed by atoms with Crippen LogP contribution in [0.2, 0.25) is 0 Å². The highest BCUT2D eigenvalue weighted by Crippen LogP contribution is 2.26. The quantitative estimate of drug-likeness (QED) is 0.740. The molecule has 5 nitrogen and oxygen atoms in total. The monoisotopic (exact) mass is 312 g/mol. The third-order valence-corrected chi connectivity index (χ3v) is 3.77. The number of aliphatic carboxylic acids is 1. The summed E-state index contributed by atoms with van der Waals surface area (Å²) in [6, 6.07) is 14.0. The molecule has 0 atom stereocenters. The Hall–Kier alpha value is -2.82. The number of rotatable bonds is 5. The normalized spacial score (nSPS) is 11.0. The molecule has 2 aromatic rings. The van der Waals surface area contributed by atoms with Crippen molar-refractivity contribution in [3.05, 3.63) is 59.7 Å². The third-order valence-electron chi connectivity index (χ3n) is 3.77. The van der Waals surface area contributed by atoms with E-state index in [1.807, 2.05) is 26.0 Å². The molecule has 1 amide bonds. The van der Waals surface area contributed by atoms with E-state index in [4.69, 9.17) is 10.8 Å². The molecule has 0 aliphatic rings. The Bertz CT molecular complexity index is 704. The fraction of sp³-hybridized carbons (Fsp3) is 0.222. The maximum absolute atomic E-state index is 12.5. The van der Waals surface area contributed by atoms with Crippen molar-refractivity contribution in [2.45, 2.75) is 25.7 Å². The van der Waals surface area contributed by atoms with E-state index < -0.39 is 11.4 Å². The topological polar surface area (TPSA) is 92.4 Å². The Kier molecular flexibility index (Phi) is 4.69. The molecule has 0 aliphatic heterocycles. The zero-order valence-electron chi connectivity index (χ0n) is 13.2. The van der Waals surface area contributed by atoms with Gasteiger partial charge in [0.1, 0.15) is 0 Å². The predicted octanol–water partition coefficient (Wildman–Crippen LogP) is 2.81. The molecule has 0 fully saturated rings. The summed E-state index contributed by atoms with van der Waals surface area (Å²) in [4.78, 5) is 23.2. The minimum atomic E-state index is -0.883. The summed E-state index contributed by atoms with van der Waals surface area (Å²) < 4.78 is 0. The van der Waals surface area contributed by atoms with E-state index in [1.54, 1.807) is 36.4 Å². The summed E-state index contributed by atoms with van der Waals surface area (Å²) in [7, 11) is 0. The van der Waals surface area contributed by atoms with E-state index in [2.05, 4.69) is 5.32 Å². The number of carboxylic acid groups (broad SMARTS) is 1. The smallest absolute Gasteiger partial charge is 0.307 e. The first-order valence-corrected chi connectivity index (χ1v) is 7.27. The van der Waals surface area contributed by atoms with Crippen molar-refractivity contribution in [1.29, 1.82) is 0 Å². The molecule has 2 aromatic carbocycles. The lowest BCUT2D eigenvalue weighted by atomic mass is 9.83.